The Hall–Kier alpha value is -1.90. The Balaban J connectivity index is 1.68. The van der Waals surface area contributed by atoms with Gasteiger partial charge >= 0.3 is 0 Å². The monoisotopic (exact) mass is 254 g/mol. The lowest BCUT2D eigenvalue weighted by Crippen LogP contribution is -2.15. The van der Waals surface area contributed by atoms with Crippen LogP contribution < -0.4 is 5.32 Å². The van der Waals surface area contributed by atoms with Crippen LogP contribution in [0.4, 0.5) is 5.69 Å². The van der Waals surface area contributed by atoms with Gasteiger partial charge in [-0.2, -0.15) is 0 Å². The van der Waals surface area contributed by atoms with Crippen LogP contribution in [0.2, 0.25) is 0 Å². The molecule has 0 radical (unpaired) electrons. The third-order valence-electron chi connectivity index (χ3n) is 3.82. The van der Waals surface area contributed by atoms with Crippen LogP contribution in [0.25, 0.3) is 10.9 Å². The summed E-state index contributed by atoms with van der Waals surface area (Å²) in [5.74, 6) is 0.692. The Bertz CT molecular complexity index is 588. The minimum atomic E-state index is 0.115. The molecule has 0 spiro atoms. The maximum absolute atomic E-state index is 12.0. The number of fused-ring (bicyclic) bond motifs is 1. The number of nitrogens with one attached hydrogen (secondary N) is 1. The number of anilines is 1. The third kappa shape index (κ3) is 2.92. The SMILES string of the molecule is O=C(CC1CCCC1)Nc1cnc2ccccc2c1. The summed E-state index contributed by atoms with van der Waals surface area (Å²) in [5.41, 5.74) is 1.75. The molecule has 98 valence electrons. The normalized spacial score (nSPS) is 15.8. The van der Waals surface area contributed by atoms with Crippen LogP contribution in [-0.4, -0.2) is 10.9 Å². The lowest BCUT2D eigenvalue weighted by molar-refractivity contribution is -0.117. The van der Waals surface area contributed by atoms with Crippen molar-refractivity contribution in [1.82, 2.24) is 4.98 Å². The van der Waals surface area contributed by atoms with E-state index in [1.165, 1.54) is 25.7 Å². The van der Waals surface area contributed by atoms with Gasteiger partial charge in [0.05, 0.1) is 17.4 Å². The number of hydrogen-bond donors (Lipinski definition) is 1. The Morgan fingerprint density at radius 3 is 2.89 bits per heavy atom. The van der Waals surface area contributed by atoms with E-state index in [1.54, 1.807) is 6.20 Å². The number of rotatable bonds is 3. The molecule has 1 aromatic carbocycles. The molecule has 1 aliphatic rings. The molecule has 0 unspecified atom stereocenters. The molecule has 3 heteroatoms. The smallest absolute Gasteiger partial charge is 0.224 e. The molecule has 1 aliphatic carbocycles. The number of carbonyl (C=O) groups is 1. The van der Waals surface area contributed by atoms with Crippen LogP contribution in [0.5, 0.6) is 0 Å². The highest BCUT2D eigenvalue weighted by Gasteiger charge is 2.18. The van der Waals surface area contributed by atoms with Crippen molar-refractivity contribution >= 4 is 22.5 Å². The van der Waals surface area contributed by atoms with Gasteiger partial charge in [-0.1, -0.05) is 31.0 Å². The van der Waals surface area contributed by atoms with E-state index in [1.807, 2.05) is 30.3 Å². The van der Waals surface area contributed by atoms with Crippen LogP contribution in [0.3, 0.4) is 0 Å². The molecule has 1 aromatic heterocycles. The third-order valence-corrected chi connectivity index (χ3v) is 3.82. The molecule has 0 bridgehead atoms. The summed E-state index contributed by atoms with van der Waals surface area (Å²) in [6.45, 7) is 0. The second-order valence-corrected chi connectivity index (χ2v) is 5.32. The fraction of sp³-hybridized carbons (Fsp3) is 0.375. The van der Waals surface area contributed by atoms with Gasteiger partial charge in [0.2, 0.25) is 5.91 Å². The summed E-state index contributed by atoms with van der Waals surface area (Å²) in [6.07, 6.45) is 7.32. The second kappa shape index (κ2) is 5.39. The molecule has 1 fully saturated rings. The molecule has 1 N–H and O–H groups in total. The molecule has 0 atom stereocenters. The molecule has 1 amide bonds. The zero-order valence-electron chi connectivity index (χ0n) is 10.9. The average molecular weight is 254 g/mol. The van der Waals surface area contributed by atoms with Crippen molar-refractivity contribution in [3.05, 3.63) is 36.5 Å². The molecular formula is C16H18N2O. The number of nitrogens with zero attached hydrogens (tertiary/aromatic N) is 1. The predicted octanol–water partition coefficient (Wildman–Crippen LogP) is 3.75. The lowest BCUT2D eigenvalue weighted by atomic mass is 10.0. The van der Waals surface area contributed by atoms with E-state index >= 15 is 0 Å². The highest BCUT2D eigenvalue weighted by molar-refractivity contribution is 5.93. The number of hydrogen-bond acceptors (Lipinski definition) is 2. The molecule has 3 nitrogen and oxygen atoms in total. The van der Waals surface area contributed by atoms with Crippen molar-refractivity contribution in [2.45, 2.75) is 32.1 Å². The number of amides is 1. The number of benzene rings is 1. The van der Waals surface area contributed by atoms with Gasteiger partial charge in [-0.05, 0) is 30.9 Å². The van der Waals surface area contributed by atoms with E-state index in [2.05, 4.69) is 10.3 Å². The highest BCUT2D eigenvalue weighted by atomic mass is 16.1. The van der Waals surface area contributed by atoms with Crippen molar-refractivity contribution in [1.29, 1.82) is 0 Å². The lowest BCUT2D eigenvalue weighted by Gasteiger charge is -2.09. The van der Waals surface area contributed by atoms with Gasteiger partial charge in [-0.25, -0.2) is 0 Å². The van der Waals surface area contributed by atoms with Gasteiger partial charge in [0.15, 0.2) is 0 Å². The van der Waals surface area contributed by atoms with E-state index in [0.717, 1.165) is 16.6 Å². The first kappa shape index (κ1) is 12.2. The van der Waals surface area contributed by atoms with Crippen LogP contribution >= 0.6 is 0 Å². The van der Waals surface area contributed by atoms with Crippen molar-refractivity contribution in [3.8, 4) is 0 Å². The fourth-order valence-electron chi connectivity index (χ4n) is 2.83. The minimum absolute atomic E-state index is 0.115. The van der Waals surface area contributed by atoms with Crippen molar-refractivity contribution in [2.24, 2.45) is 5.92 Å². The summed E-state index contributed by atoms with van der Waals surface area (Å²) < 4.78 is 0. The molecule has 19 heavy (non-hydrogen) atoms. The number of pyridine rings is 1. The van der Waals surface area contributed by atoms with E-state index in [0.29, 0.717) is 12.3 Å². The average Bonchev–Trinajstić information content (AvgIpc) is 2.91. The number of para-hydroxylation sites is 1. The summed E-state index contributed by atoms with van der Waals surface area (Å²) in [5, 5.41) is 4.02. The molecular weight excluding hydrogens is 236 g/mol. The fourth-order valence-corrected chi connectivity index (χ4v) is 2.83. The first-order chi connectivity index (χ1) is 9.31. The first-order valence-corrected chi connectivity index (χ1v) is 6.96. The zero-order chi connectivity index (χ0) is 13.1. The van der Waals surface area contributed by atoms with E-state index in [4.69, 9.17) is 0 Å². The summed E-state index contributed by atoms with van der Waals surface area (Å²) in [4.78, 5) is 16.3. The van der Waals surface area contributed by atoms with Gasteiger partial charge < -0.3 is 5.32 Å². The molecule has 1 heterocycles. The highest BCUT2D eigenvalue weighted by Crippen LogP contribution is 2.27. The molecule has 3 rings (SSSR count). The van der Waals surface area contributed by atoms with Gasteiger partial charge in [-0.3, -0.25) is 9.78 Å². The Morgan fingerprint density at radius 2 is 2.05 bits per heavy atom. The Kier molecular flexibility index (Phi) is 3.45. The zero-order valence-corrected chi connectivity index (χ0v) is 10.9. The molecule has 1 saturated carbocycles. The molecule has 2 aromatic rings. The summed E-state index contributed by atoms with van der Waals surface area (Å²) in [6, 6.07) is 9.91. The second-order valence-electron chi connectivity index (χ2n) is 5.32. The van der Waals surface area contributed by atoms with Crippen molar-refractivity contribution in [3.63, 3.8) is 0 Å². The maximum atomic E-state index is 12.0. The standard InChI is InChI=1S/C16H18N2O/c19-16(9-12-5-1-2-6-12)18-14-10-13-7-3-4-8-15(13)17-11-14/h3-4,7-8,10-12H,1-2,5-6,9H2,(H,18,19). The molecule has 0 saturated heterocycles. The van der Waals surface area contributed by atoms with Crippen LogP contribution in [0.1, 0.15) is 32.1 Å². The minimum Gasteiger partial charge on any atom is -0.325 e. The van der Waals surface area contributed by atoms with Crippen LogP contribution in [0, 0.1) is 5.92 Å². The Morgan fingerprint density at radius 1 is 1.26 bits per heavy atom. The Labute approximate surface area is 113 Å². The number of carbonyl (C=O) groups excluding carboxylic acids is 1. The summed E-state index contributed by atoms with van der Waals surface area (Å²) in [7, 11) is 0. The topological polar surface area (TPSA) is 42.0 Å². The maximum Gasteiger partial charge on any atom is 0.224 e. The van der Waals surface area contributed by atoms with Gasteiger partial charge in [0.25, 0.3) is 0 Å². The van der Waals surface area contributed by atoms with Gasteiger partial charge in [-0.15, -0.1) is 0 Å². The predicted molar refractivity (Wildman–Crippen MR) is 76.9 cm³/mol. The van der Waals surface area contributed by atoms with Gasteiger partial charge in [0, 0.05) is 11.8 Å². The summed E-state index contributed by atoms with van der Waals surface area (Å²) >= 11 is 0. The van der Waals surface area contributed by atoms with Crippen molar-refractivity contribution < 1.29 is 4.79 Å². The van der Waals surface area contributed by atoms with E-state index < -0.39 is 0 Å². The van der Waals surface area contributed by atoms with Gasteiger partial charge in [0.1, 0.15) is 0 Å². The largest absolute Gasteiger partial charge is 0.325 e. The quantitative estimate of drug-likeness (QED) is 0.906. The van der Waals surface area contributed by atoms with Crippen molar-refractivity contribution in [2.75, 3.05) is 5.32 Å². The van der Waals surface area contributed by atoms with Crippen LogP contribution in [-0.2, 0) is 4.79 Å². The van der Waals surface area contributed by atoms with Crippen LogP contribution in [0.15, 0.2) is 36.5 Å². The molecule has 0 aliphatic heterocycles. The first-order valence-electron chi connectivity index (χ1n) is 6.96. The number of aromatic nitrogens is 1. The van der Waals surface area contributed by atoms with E-state index in [-0.39, 0.29) is 5.91 Å². The van der Waals surface area contributed by atoms with E-state index in [9.17, 15) is 4.79 Å².